The average molecular weight is 276 g/mol. The predicted molar refractivity (Wildman–Crippen MR) is 84.8 cm³/mol. The van der Waals surface area contributed by atoms with Gasteiger partial charge in [-0.3, -0.25) is 9.78 Å². The molecule has 1 heterocycles. The van der Waals surface area contributed by atoms with Gasteiger partial charge in [0.2, 0.25) is 5.91 Å². The van der Waals surface area contributed by atoms with Gasteiger partial charge in [0.15, 0.2) is 0 Å². The molecular formula is C17H28N2O. The van der Waals surface area contributed by atoms with Gasteiger partial charge < -0.3 is 5.32 Å². The first-order valence-corrected chi connectivity index (χ1v) is 7.76. The van der Waals surface area contributed by atoms with Gasteiger partial charge in [0, 0.05) is 11.1 Å². The average Bonchev–Trinajstić information content (AvgIpc) is 2.43. The van der Waals surface area contributed by atoms with Crippen LogP contribution in [0.15, 0.2) is 18.3 Å². The number of nitrogens with zero attached hydrogens (tertiary/aromatic N) is 1. The van der Waals surface area contributed by atoms with Crippen LogP contribution in [-0.2, 0) is 4.79 Å². The Morgan fingerprint density at radius 3 is 2.35 bits per heavy atom. The fourth-order valence-electron chi connectivity index (χ4n) is 2.38. The summed E-state index contributed by atoms with van der Waals surface area (Å²) in [4.78, 5) is 16.4. The van der Waals surface area contributed by atoms with Gasteiger partial charge in [-0.2, -0.15) is 0 Å². The minimum Gasteiger partial charge on any atom is -0.324 e. The maximum Gasteiger partial charge on any atom is 0.230 e. The van der Waals surface area contributed by atoms with Crippen molar-refractivity contribution in [3.05, 3.63) is 24.0 Å². The Labute approximate surface area is 123 Å². The van der Waals surface area contributed by atoms with Crippen LogP contribution in [0.1, 0.15) is 65.0 Å². The Bertz CT molecular complexity index is 406. The second-order valence-corrected chi connectivity index (χ2v) is 5.97. The first-order chi connectivity index (χ1) is 9.51. The van der Waals surface area contributed by atoms with Crippen molar-refractivity contribution in [1.29, 1.82) is 0 Å². The fourth-order valence-corrected chi connectivity index (χ4v) is 2.38. The van der Waals surface area contributed by atoms with E-state index in [1.165, 1.54) is 12.8 Å². The minimum atomic E-state index is -0.191. The molecule has 1 amide bonds. The summed E-state index contributed by atoms with van der Waals surface area (Å²) in [6.45, 7) is 8.26. The van der Waals surface area contributed by atoms with E-state index >= 15 is 0 Å². The summed E-state index contributed by atoms with van der Waals surface area (Å²) in [5, 5.41) is 2.98. The number of carbonyl (C=O) groups excluding carboxylic acids is 1. The molecule has 1 N–H and O–H groups in total. The van der Waals surface area contributed by atoms with Gasteiger partial charge in [-0.1, -0.05) is 46.5 Å². The smallest absolute Gasteiger partial charge is 0.230 e. The minimum absolute atomic E-state index is 0.142. The highest BCUT2D eigenvalue weighted by molar-refractivity contribution is 5.94. The predicted octanol–water partition coefficient (Wildman–Crippen LogP) is 4.72. The summed E-state index contributed by atoms with van der Waals surface area (Å²) in [5.74, 6) is 0.142. The summed E-state index contributed by atoms with van der Waals surface area (Å²) in [6, 6.07) is 3.82. The third-order valence-corrected chi connectivity index (χ3v) is 3.67. The fraction of sp³-hybridized carbons (Fsp3) is 0.647. The number of anilines is 1. The second-order valence-electron chi connectivity index (χ2n) is 5.97. The molecule has 1 fully saturated rings. The summed E-state index contributed by atoms with van der Waals surface area (Å²) in [7, 11) is 0. The van der Waals surface area contributed by atoms with Crippen LogP contribution in [0.4, 0.5) is 5.69 Å². The highest BCUT2D eigenvalue weighted by Crippen LogP contribution is 2.36. The van der Waals surface area contributed by atoms with E-state index in [2.05, 4.69) is 31.1 Å². The SMILES string of the molecule is CCC.Cc1ccc(NC(=O)C2(C)CCCCC2)cn1. The van der Waals surface area contributed by atoms with Crippen LogP contribution in [0.5, 0.6) is 0 Å². The van der Waals surface area contributed by atoms with E-state index in [0.717, 1.165) is 37.1 Å². The van der Waals surface area contributed by atoms with Crippen molar-refractivity contribution in [2.24, 2.45) is 5.41 Å². The van der Waals surface area contributed by atoms with Crippen LogP contribution in [0.2, 0.25) is 0 Å². The number of amides is 1. The monoisotopic (exact) mass is 276 g/mol. The van der Waals surface area contributed by atoms with E-state index in [1.807, 2.05) is 19.1 Å². The van der Waals surface area contributed by atoms with Crippen LogP contribution in [0, 0.1) is 12.3 Å². The number of hydrogen-bond donors (Lipinski definition) is 1. The van der Waals surface area contributed by atoms with Crippen molar-refractivity contribution in [3.8, 4) is 0 Å². The molecule has 0 bridgehead atoms. The molecule has 1 saturated carbocycles. The number of aromatic nitrogens is 1. The van der Waals surface area contributed by atoms with Crippen molar-refractivity contribution in [2.75, 3.05) is 5.32 Å². The molecule has 0 saturated heterocycles. The molecule has 0 radical (unpaired) electrons. The van der Waals surface area contributed by atoms with Crippen LogP contribution in [-0.4, -0.2) is 10.9 Å². The van der Waals surface area contributed by atoms with Gasteiger partial charge in [0.1, 0.15) is 0 Å². The van der Waals surface area contributed by atoms with Crippen molar-refractivity contribution in [1.82, 2.24) is 4.98 Å². The third-order valence-electron chi connectivity index (χ3n) is 3.67. The van der Waals surface area contributed by atoms with Crippen LogP contribution < -0.4 is 5.32 Å². The van der Waals surface area contributed by atoms with Crippen molar-refractivity contribution in [3.63, 3.8) is 0 Å². The highest BCUT2D eigenvalue weighted by Gasteiger charge is 2.34. The molecular weight excluding hydrogens is 248 g/mol. The topological polar surface area (TPSA) is 42.0 Å². The molecule has 1 aromatic rings. The maximum atomic E-state index is 12.2. The summed E-state index contributed by atoms with van der Waals surface area (Å²) < 4.78 is 0. The quantitative estimate of drug-likeness (QED) is 0.849. The lowest BCUT2D eigenvalue weighted by molar-refractivity contribution is -0.126. The Balaban J connectivity index is 0.000000612. The molecule has 0 aliphatic heterocycles. The van der Waals surface area contributed by atoms with E-state index < -0.39 is 0 Å². The summed E-state index contributed by atoms with van der Waals surface area (Å²) >= 11 is 0. The van der Waals surface area contributed by atoms with Gasteiger partial charge in [0.25, 0.3) is 0 Å². The van der Waals surface area contributed by atoms with Gasteiger partial charge in [-0.15, -0.1) is 0 Å². The van der Waals surface area contributed by atoms with E-state index in [4.69, 9.17) is 0 Å². The number of nitrogens with one attached hydrogen (secondary N) is 1. The first-order valence-electron chi connectivity index (χ1n) is 7.76. The van der Waals surface area contributed by atoms with Crippen molar-refractivity contribution >= 4 is 11.6 Å². The highest BCUT2D eigenvalue weighted by atomic mass is 16.2. The molecule has 0 aromatic carbocycles. The number of rotatable bonds is 2. The Morgan fingerprint density at radius 1 is 1.25 bits per heavy atom. The molecule has 1 aliphatic rings. The second kappa shape index (κ2) is 8.03. The number of hydrogen-bond acceptors (Lipinski definition) is 2. The molecule has 1 aliphatic carbocycles. The zero-order valence-electron chi connectivity index (χ0n) is 13.3. The lowest BCUT2D eigenvalue weighted by Crippen LogP contribution is -2.35. The van der Waals surface area contributed by atoms with Gasteiger partial charge in [-0.25, -0.2) is 0 Å². The standard InChI is InChI=1S/C14H20N2O.C3H8/c1-11-6-7-12(10-15-11)16-13(17)14(2)8-4-3-5-9-14;1-3-2/h6-7,10H,3-5,8-9H2,1-2H3,(H,16,17);3H2,1-2H3. The molecule has 112 valence electrons. The van der Waals surface area contributed by atoms with Gasteiger partial charge in [0.05, 0.1) is 11.9 Å². The third kappa shape index (κ3) is 4.95. The number of pyridine rings is 1. The number of carbonyl (C=O) groups is 1. The van der Waals surface area contributed by atoms with Crippen LogP contribution in [0.3, 0.4) is 0 Å². The van der Waals surface area contributed by atoms with E-state index in [-0.39, 0.29) is 11.3 Å². The van der Waals surface area contributed by atoms with Crippen molar-refractivity contribution < 1.29 is 4.79 Å². The Hall–Kier alpha value is -1.38. The lowest BCUT2D eigenvalue weighted by atomic mass is 9.75. The maximum absolute atomic E-state index is 12.2. The normalized spacial score (nSPS) is 16.8. The molecule has 20 heavy (non-hydrogen) atoms. The molecule has 0 unspecified atom stereocenters. The molecule has 3 heteroatoms. The van der Waals surface area contributed by atoms with E-state index in [9.17, 15) is 4.79 Å². The summed E-state index contributed by atoms with van der Waals surface area (Å²) in [5.41, 5.74) is 1.57. The molecule has 2 rings (SSSR count). The largest absolute Gasteiger partial charge is 0.324 e. The molecule has 1 aromatic heterocycles. The van der Waals surface area contributed by atoms with E-state index in [1.54, 1.807) is 6.20 Å². The van der Waals surface area contributed by atoms with Crippen LogP contribution >= 0.6 is 0 Å². The van der Waals surface area contributed by atoms with Gasteiger partial charge in [-0.05, 0) is 31.9 Å². The zero-order valence-corrected chi connectivity index (χ0v) is 13.3. The summed E-state index contributed by atoms with van der Waals surface area (Å²) in [6.07, 6.45) is 8.55. The molecule has 0 spiro atoms. The number of aryl methyl sites for hydroxylation is 1. The lowest BCUT2D eigenvalue weighted by Gasteiger charge is -2.31. The van der Waals surface area contributed by atoms with E-state index in [0.29, 0.717) is 0 Å². The Kier molecular flexibility index (Phi) is 6.69. The van der Waals surface area contributed by atoms with Crippen molar-refractivity contribution in [2.45, 2.75) is 66.2 Å². The van der Waals surface area contributed by atoms with Crippen LogP contribution in [0.25, 0.3) is 0 Å². The van der Waals surface area contributed by atoms with Gasteiger partial charge >= 0.3 is 0 Å². The molecule has 3 nitrogen and oxygen atoms in total. The first kappa shape index (κ1) is 16.7. The molecule has 0 atom stereocenters. The Morgan fingerprint density at radius 2 is 1.85 bits per heavy atom. The zero-order chi connectivity index (χ0) is 15.0.